The molecule has 0 atom stereocenters. The minimum absolute atomic E-state index is 0.116. The van der Waals surface area contributed by atoms with Crippen molar-refractivity contribution in [1.82, 2.24) is 29.5 Å². The number of rotatable bonds is 12. The molecule has 2 amide bonds. The summed E-state index contributed by atoms with van der Waals surface area (Å²) in [6.07, 6.45) is 0.275. The maximum Gasteiger partial charge on any atom is 0.234 e. The molecule has 10 nitrogen and oxygen atoms in total. The lowest BCUT2D eigenvalue weighted by molar-refractivity contribution is -0.114. The fourth-order valence-electron chi connectivity index (χ4n) is 4.93. The number of halogens is 2. The minimum atomic E-state index is -0.186. The zero-order chi connectivity index (χ0) is 34.3. The van der Waals surface area contributed by atoms with E-state index in [-0.39, 0.29) is 29.7 Å². The number of carbonyl (C=O) groups is 2. The van der Waals surface area contributed by atoms with Gasteiger partial charge in [-0.15, -0.1) is 20.4 Å². The van der Waals surface area contributed by atoms with E-state index in [1.165, 1.54) is 23.5 Å². The number of aryl methyl sites for hydroxylation is 2. The van der Waals surface area contributed by atoms with E-state index >= 15 is 0 Å². The topological polar surface area (TPSA) is 120 Å². The molecule has 0 saturated carbocycles. The van der Waals surface area contributed by atoms with E-state index in [0.717, 1.165) is 22.5 Å². The van der Waals surface area contributed by atoms with Crippen LogP contribution in [0.2, 0.25) is 10.0 Å². The van der Waals surface area contributed by atoms with E-state index in [1.807, 2.05) is 71.5 Å². The van der Waals surface area contributed by atoms with Crippen molar-refractivity contribution in [3.63, 3.8) is 0 Å². The van der Waals surface area contributed by atoms with Crippen LogP contribution in [-0.2, 0) is 16.0 Å². The molecule has 2 N–H and O–H groups in total. The number of nitrogens with one attached hydrogen (secondary N) is 2. The first-order chi connectivity index (χ1) is 23.7. The SMILES string of the molecule is Cc1cccc(-n2c(Cc3nnc(SCC(=O)Nc4ccc(Cl)cc4)n3-c3cccc(C)c3)nnc2SCC(=O)Nc2ccc(Cl)cc2)c1. The van der Waals surface area contributed by atoms with Crippen LogP contribution in [0.5, 0.6) is 0 Å². The Morgan fingerprint density at radius 1 is 0.612 bits per heavy atom. The van der Waals surface area contributed by atoms with Crippen LogP contribution < -0.4 is 10.6 Å². The molecule has 49 heavy (non-hydrogen) atoms. The van der Waals surface area contributed by atoms with Crippen molar-refractivity contribution in [2.45, 2.75) is 30.6 Å². The van der Waals surface area contributed by atoms with Gasteiger partial charge in [-0.05, 0) is 97.8 Å². The maximum atomic E-state index is 12.8. The van der Waals surface area contributed by atoms with Gasteiger partial charge < -0.3 is 10.6 Å². The molecule has 0 aliphatic carbocycles. The molecule has 6 aromatic rings. The van der Waals surface area contributed by atoms with Crippen molar-refractivity contribution in [2.24, 2.45) is 0 Å². The highest BCUT2D eigenvalue weighted by Gasteiger charge is 2.22. The lowest BCUT2D eigenvalue weighted by atomic mass is 10.2. The second kappa shape index (κ2) is 15.7. The van der Waals surface area contributed by atoms with E-state index in [0.29, 0.717) is 43.4 Å². The summed E-state index contributed by atoms with van der Waals surface area (Å²) in [6, 6.07) is 29.9. The summed E-state index contributed by atoms with van der Waals surface area (Å²) in [6.45, 7) is 4.03. The highest BCUT2D eigenvalue weighted by molar-refractivity contribution is 8.00. The molecule has 14 heteroatoms. The molecule has 4 aromatic carbocycles. The summed E-state index contributed by atoms with van der Waals surface area (Å²) >= 11 is 14.5. The second-order valence-corrected chi connectivity index (χ2v) is 13.8. The van der Waals surface area contributed by atoms with Crippen molar-refractivity contribution >= 4 is 69.9 Å². The van der Waals surface area contributed by atoms with Gasteiger partial charge in [-0.1, -0.05) is 71.0 Å². The molecular formula is C35H30Cl2N8O2S2. The van der Waals surface area contributed by atoms with E-state index < -0.39 is 0 Å². The number of amides is 2. The predicted molar refractivity (Wildman–Crippen MR) is 197 cm³/mol. The Kier molecular flexibility index (Phi) is 11.0. The molecule has 0 unspecified atom stereocenters. The molecule has 0 radical (unpaired) electrons. The van der Waals surface area contributed by atoms with Gasteiger partial charge in [0.15, 0.2) is 10.3 Å². The lowest BCUT2D eigenvalue weighted by Crippen LogP contribution is -2.15. The normalized spacial score (nSPS) is 11.0. The highest BCUT2D eigenvalue weighted by atomic mass is 35.5. The molecule has 2 heterocycles. The second-order valence-electron chi connectivity index (χ2n) is 11.0. The molecule has 0 aliphatic heterocycles. The fourth-order valence-corrected chi connectivity index (χ4v) is 6.73. The summed E-state index contributed by atoms with van der Waals surface area (Å²) in [5.41, 5.74) is 5.15. The molecule has 248 valence electrons. The summed E-state index contributed by atoms with van der Waals surface area (Å²) in [7, 11) is 0. The van der Waals surface area contributed by atoms with Crippen LogP contribution in [0.1, 0.15) is 22.8 Å². The summed E-state index contributed by atoms with van der Waals surface area (Å²) in [5.74, 6) is 1.09. The zero-order valence-corrected chi connectivity index (χ0v) is 29.6. The first-order valence-corrected chi connectivity index (χ1v) is 17.8. The average Bonchev–Trinajstić information content (AvgIpc) is 3.68. The summed E-state index contributed by atoms with van der Waals surface area (Å²) in [5, 5.41) is 26.2. The monoisotopic (exact) mass is 728 g/mol. The number of anilines is 2. The minimum Gasteiger partial charge on any atom is -0.325 e. The number of thioether (sulfide) groups is 2. The van der Waals surface area contributed by atoms with Crippen LogP contribution in [-0.4, -0.2) is 52.8 Å². The number of benzene rings is 4. The number of carbonyl (C=O) groups excluding carboxylic acids is 2. The van der Waals surface area contributed by atoms with Crippen molar-refractivity contribution in [2.75, 3.05) is 22.1 Å². The van der Waals surface area contributed by atoms with Crippen LogP contribution in [0, 0.1) is 13.8 Å². The summed E-state index contributed by atoms with van der Waals surface area (Å²) in [4.78, 5) is 25.7. The number of hydrogen-bond donors (Lipinski definition) is 2. The van der Waals surface area contributed by atoms with Crippen LogP contribution in [0.4, 0.5) is 11.4 Å². The Morgan fingerprint density at radius 3 is 1.41 bits per heavy atom. The van der Waals surface area contributed by atoms with Gasteiger partial charge in [0.1, 0.15) is 11.6 Å². The molecule has 0 spiro atoms. The summed E-state index contributed by atoms with van der Waals surface area (Å²) < 4.78 is 3.88. The van der Waals surface area contributed by atoms with Gasteiger partial charge in [-0.25, -0.2) is 0 Å². The van der Waals surface area contributed by atoms with E-state index in [9.17, 15) is 9.59 Å². The van der Waals surface area contributed by atoms with Gasteiger partial charge in [-0.3, -0.25) is 18.7 Å². The standard InChI is InChI=1S/C35H30Cl2N8O2S2/c1-22-5-3-7-28(17-22)44-30(40-42-34(44)48-20-32(46)38-26-13-9-24(36)10-14-26)19-31-41-43-35(45(31)29-8-4-6-23(2)18-29)49-21-33(47)39-27-15-11-25(37)12-16-27/h3-18H,19-21H2,1-2H3,(H,38,46)(H,39,47). The number of hydrogen-bond acceptors (Lipinski definition) is 8. The molecule has 0 fully saturated rings. The third kappa shape index (κ3) is 8.90. The van der Waals surface area contributed by atoms with Crippen LogP contribution >= 0.6 is 46.7 Å². The highest BCUT2D eigenvalue weighted by Crippen LogP contribution is 2.28. The molecule has 6 rings (SSSR count). The van der Waals surface area contributed by atoms with Crippen molar-refractivity contribution in [3.05, 3.63) is 130 Å². The Hall–Kier alpha value is -4.62. The van der Waals surface area contributed by atoms with E-state index in [2.05, 4.69) is 31.0 Å². The molecule has 0 aliphatic rings. The van der Waals surface area contributed by atoms with Gasteiger partial charge in [0.25, 0.3) is 0 Å². The van der Waals surface area contributed by atoms with Crippen LogP contribution in [0.15, 0.2) is 107 Å². The largest absolute Gasteiger partial charge is 0.325 e. The smallest absolute Gasteiger partial charge is 0.234 e. The quantitative estimate of drug-likeness (QED) is 0.122. The van der Waals surface area contributed by atoms with Gasteiger partial charge in [0.2, 0.25) is 11.8 Å². The van der Waals surface area contributed by atoms with Crippen molar-refractivity contribution in [1.29, 1.82) is 0 Å². The molecule has 0 bridgehead atoms. The maximum absolute atomic E-state index is 12.8. The van der Waals surface area contributed by atoms with Gasteiger partial charge >= 0.3 is 0 Å². The van der Waals surface area contributed by atoms with E-state index in [4.69, 9.17) is 23.2 Å². The Labute approximate surface area is 301 Å². The van der Waals surface area contributed by atoms with Gasteiger partial charge in [0, 0.05) is 32.8 Å². The van der Waals surface area contributed by atoms with Gasteiger partial charge in [0.05, 0.1) is 17.9 Å². The zero-order valence-electron chi connectivity index (χ0n) is 26.4. The van der Waals surface area contributed by atoms with Crippen LogP contribution in [0.25, 0.3) is 11.4 Å². The van der Waals surface area contributed by atoms with Crippen LogP contribution in [0.3, 0.4) is 0 Å². The number of aromatic nitrogens is 6. The number of nitrogens with zero attached hydrogens (tertiary/aromatic N) is 6. The van der Waals surface area contributed by atoms with E-state index in [1.54, 1.807) is 48.5 Å². The Balaban J connectivity index is 1.27. The van der Waals surface area contributed by atoms with Gasteiger partial charge in [-0.2, -0.15) is 0 Å². The molecule has 0 saturated heterocycles. The van der Waals surface area contributed by atoms with Crippen molar-refractivity contribution in [3.8, 4) is 11.4 Å². The Bertz CT molecular complexity index is 1950. The fraction of sp³-hybridized carbons (Fsp3) is 0.143. The van der Waals surface area contributed by atoms with Crippen molar-refractivity contribution < 1.29 is 9.59 Å². The molecule has 2 aromatic heterocycles. The first kappa shape index (κ1) is 34.3. The average molecular weight is 730 g/mol. The Morgan fingerprint density at radius 2 is 1.02 bits per heavy atom. The molecular weight excluding hydrogens is 699 g/mol. The predicted octanol–water partition coefficient (Wildman–Crippen LogP) is 7.82. The third-order valence-electron chi connectivity index (χ3n) is 7.16. The lowest BCUT2D eigenvalue weighted by Gasteiger charge is -2.13. The first-order valence-electron chi connectivity index (χ1n) is 15.1. The third-order valence-corrected chi connectivity index (χ3v) is 9.52.